The number of nitrogens with zero attached hydrogens (tertiary/aromatic N) is 1. The SMILES string of the molecule is Cc1ccc(CNCCc2ncc[nH]2)cc1C. The summed E-state index contributed by atoms with van der Waals surface area (Å²) in [6.45, 7) is 6.16. The number of H-pyrrole nitrogens is 1. The molecule has 0 atom stereocenters. The van der Waals surface area contributed by atoms with Crippen LogP contribution in [0.4, 0.5) is 0 Å². The topological polar surface area (TPSA) is 40.7 Å². The van der Waals surface area contributed by atoms with Crippen LogP contribution in [0.5, 0.6) is 0 Å². The standard InChI is InChI=1S/C14H19N3/c1-11-3-4-13(9-12(11)2)10-15-6-5-14-16-7-8-17-14/h3-4,7-9,15H,5-6,10H2,1-2H3,(H,16,17). The number of rotatable bonds is 5. The van der Waals surface area contributed by atoms with Gasteiger partial charge in [0.25, 0.3) is 0 Å². The lowest BCUT2D eigenvalue weighted by atomic mass is 10.1. The number of benzene rings is 1. The first kappa shape index (κ1) is 11.9. The van der Waals surface area contributed by atoms with Gasteiger partial charge in [-0.2, -0.15) is 0 Å². The quantitative estimate of drug-likeness (QED) is 0.773. The minimum absolute atomic E-state index is 0.918. The van der Waals surface area contributed by atoms with E-state index < -0.39 is 0 Å². The van der Waals surface area contributed by atoms with Crippen molar-refractivity contribution in [3.63, 3.8) is 0 Å². The summed E-state index contributed by atoms with van der Waals surface area (Å²) in [6.07, 6.45) is 4.59. The molecule has 2 aromatic rings. The number of hydrogen-bond acceptors (Lipinski definition) is 2. The molecule has 0 saturated carbocycles. The molecule has 2 N–H and O–H groups in total. The molecule has 17 heavy (non-hydrogen) atoms. The van der Waals surface area contributed by atoms with Gasteiger partial charge in [-0.25, -0.2) is 4.98 Å². The molecule has 3 nitrogen and oxygen atoms in total. The second-order valence-corrected chi connectivity index (χ2v) is 4.38. The van der Waals surface area contributed by atoms with Crippen LogP contribution in [-0.4, -0.2) is 16.5 Å². The van der Waals surface area contributed by atoms with Gasteiger partial charge >= 0.3 is 0 Å². The molecule has 0 spiro atoms. The van der Waals surface area contributed by atoms with Gasteiger partial charge in [-0.05, 0) is 30.5 Å². The van der Waals surface area contributed by atoms with Gasteiger partial charge in [-0.15, -0.1) is 0 Å². The van der Waals surface area contributed by atoms with Gasteiger partial charge in [-0.3, -0.25) is 0 Å². The Hall–Kier alpha value is -1.61. The van der Waals surface area contributed by atoms with E-state index in [0.717, 1.165) is 25.3 Å². The van der Waals surface area contributed by atoms with Crippen LogP contribution < -0.4 is 5.32 Å². The predicted molar refractivity (Wildman–Crippen MR) is 69.9 cm³/mol. The summed E-state index contributed by atoms with van der Waals surface area (Å²) in [7, 11) is 0. The minimum atomic E-state index is 0.918. The van der Waals surface area contributed by atoms with Crippen molar-refractivity contribution in [1.29, 1.82) is 0 Å². The van der Waals surface area contributed by atoms with E-state index in [9.17, 15) is 0 Å². The molecule has 0 aliphatic rings. The Labute approximate surface area is 102 Å². The maximum absolute atomic E-state index is 4.19. The Morgan fingerprint density at radius 2 is 2.12 bits per heavy atom. The van der Waals surface area contributed by atoms with Crippen LogP contribution >= 0.6 is 0 Å². The van der Waals surface area contributed by atoms with Crippen LogP contribution in [-0.2, 0) is 13.0 Å². The first-order valence-corrected chi connectivity index (χ1v) is 6.01. The summed E-state index contributed by atoms with van der Waals surface area (Å²) < 4.78 is 0. The molecule has 0 radical (unpaired) electrons. The molecule has 0 fully saturated rings. The first-order valence-electron chi connectivity index (χ1n) is 6.01. The van der Waals surface area contributed by atoms with E-state index in [0.29, 0.717) is 0 Å². The zero-order valence-corrected chi connectivity index (χ0v) is 10.5. The fourth-order valence-electron chi connectivity index (χ4n) is 1.79. The molecule has 0 saturated heterocycles. The van der Waals surface area contributed by atoms with E-state index >= 15 is 0 Å². The zero-order valence-electron chi connectivity index (χ0n) is 10.5. The lowest BCUT2D eigenvalue weighted by Crippen LogP contribution is -2.17. The number of nitrogens with one attached hydrogen (secondary N) is 2. The molecule has 0 amide bonds. The molecule has 3 heteroatoms. The molecule has 1 aromatic heterocycles. The summed E-state index contributed by atoms with van der Waals surface area (Å²) in [5.41, 5.74) is 4.05. The number of aromatic nitrogens is 2. The van der Waals surface area contributed by atoms with Crippen molar-refractivity contribution >= 4 is 0 Å². The van der Waals surface area contributed by atoms with Crippen LogP contribution in [0, 0.1) is 13.8 Å². The number of aryl methyl sites for hydroxylation is 2. The summed E-state index contributed by atoms with van der Waals surface area (Å²) >= 11 is 0. The first-order chi connectivity index (χ1) is 8.25. The highest BCUT2D eigenvalue weighted by Crippen LogP contribution is 2.09. The van der Waals surface area contributed by atoms with Gasteiger partial charge in [0.05, 0.1) is 0 Å². The largest absolute Gasteiger partial charge is 0.349 e. The van der Waals surface area contributed by atoms with E-state index in [1.54, 1.807) is 6.20 Å². The maximum Gasteiger partial charge on any atom is 0.107 e. The van der Waals surface area contributed by atoms with Crippen molar-refractivity contribution in [3.8, 4) is 0 Å². The van der Waals surface area contributed by atoms with Crippen molar-refractivity contribution in [2.24, 2.45) is 0 Å². The Morgan fingerprint density at radius 3 is 2.82 bits per heavy atom. The van der Waals surface area contributed by atoms with E-state index in [1.807, 2.05) is 6.20 Å². The van der Waals surface area contributed by atoms with Crippen LogP contribution in [0.25, 0.3) is 0 Å². The summed E-state index contributed by atoms with van der Waals surface area (Å²) in [4.78, 5) is 7.29. The Bertz CT molecular complexity index is 460. The highest BCUT2D eigenvalue weighted by atomic mass is 14.9. The van der Waals surface area contributed by atoms with E-state index in [2.05, 4.69) is 47.3 Å². The summed E-state index contributed by atoms with van der Waals surface area (Å²) in [5.74, 6) is 1.04. The predicted octanol–water partition coefficient (Wildman–Crippen LogP) is 2.36. The second kappa shape index (κ2) is 5.64. The highest BCUT2D eigenvalue weighted by molar-refractivity contribution is 5.29. The maximum atomic E-state index is 4.19. The van der Waals surface area contributed by atoms with E-state index in [4.69, 9.17) is 0 Å². The van der Waals surface area contributed by atoms with Crippen LogP contribution in [0.2, 0.25) is 0 Å². The fourth-order valence-corrected chi connectivity index (χ4v) is 1.79. The van der Waals surface area contributed by atoms with Gasteiger partial charge in [0, 0.05) is 31.9 Å². The van der Waals surface area contributed by atoms with Crippen molar-refractivity contribution in [3.05, 3.63) is 53.1 Å². The van der Waals surface area contributed by atoms with Crippen molar-refractivity contribution in [1.82, 2.24) is 15.3 Å². The molecule has 0 aliphatic heterocycles. The second-order valence-electron chi connectivity index (χ2n) is 4.38. The minimum Gasteiger partial charge on any atom is -0.349 e. The van der Waals surface area contributed by atoms with Gasteiger partial charge < -0.3 is 10.3 Å². The third-order valence-corrected chi connectivity index (χ3v) is 2.99. The monoisotopic (exact) mass is 229 g/mol. The number of imidazole rings is 1. The number of hydrogen-bond donors (Lipinski definition) is 2. The molecular weight excluding hydrogens is 210 g/mol. The molecule has 0 aliphatic carbocycles. The highest BCUT2D eigenvalue weighted by Gasteiger charge is 1.97. The molecular formula is C14H19N3. The summed E-state index contributed by atoms with van der Waals surface area (Å²) in [5, 5.41) is 3.43. The molecule has 0 unspecified atom stereocenters. The van der Waals surface area contributed by atoms with Gasteiger partial charge in [0.1, 0.15) is 5.82 Å². The molecule has 2 rings (SSSR count). The molecule has 90 valence electrons. The van der Waals surface area contributed by atoms with Crippen molar-refractivity contribution in [2.75, 3.05) is 6.54 Å². The van der Waals surface area contributed by atoms with Crippen molar-refractivity contribution in [2.45, 2.75) is 26.8 Å². The third kappa shape index (κ3) is 3.43. The third-order valence-electron chi connectivity index (χ3n) is 2.99. The normalized spacial score (nSPS) is 10.7. The molecule has 1 heterocycles. The van der Waals surface area contributed by atoms with Crippen LogP contribution in [0.15, 0.2) is 30.6 Å². The lowest BCUT2D eigenvalue weighted by molar-refractivity contribution is 0.673. The molecule has 0 bridgehead atoms. The Balaban J connectivity index is 1.76. The van der Waals surface area contributed by atoms with Gasteiger partial charge in [-0.1, -0.05) is 18.2 Å². The average molecular weight is 229 g/mol. The Morgan fingerprint density at radius 1 is 1.24 bits per heavy atom. The van der Waals surface area contributed by atoms with E-state index in [-0.39, 0.29) is 0 Å². The van der Waals surface area contributed by atoms with Gasteiger partial charge in [0.2, 0.25) is 0 Å². The fraction of sp³-hybridized carbons (Fsp3) is 0.357. The van der Waals surface area contributed by atoms with Crippen LogP contribution in [0.3, 0.4) is 0 Å². The lowest BCUT2D eigenvalue weighted by Gasteiger charge is -2.06. The van der Waals surface area contributed by atoms with Crippen molar-refractivity contribution < 1.29 is 0 Å². The summed E-state index contributed by atoms with van der Waals surface area (Å²) in [6, 6.07) is 6.61. The zero-order chi connectivity index (χ0) is 12.1. The van der Waals surface area contributed by atoms with Crippen LogP contribution in [0.1, 0.15) is 22.5 Å². The Kier molecular flexibility index (Phi) is 3.94. The number of aromatic amines is 1. The van der Waals surface area contributed by atoms with E-state index in [1.165, 1.54) is 16.7 Å². The smallest absolute Gasteiger partial charge is 0.107 e. The van der Waals surface area contributed by atoms with Gasteiger partial charge in [0.15, 0.2) is 0 Å². The average Bonchev–Trinajstić information content (AvgIpc) is 2.82. The molecule has 1 aromatic carbocycles.